The number of rotatable bonds is 3. The number of likely N-dealkylation sites (tertiary alicyclic amines) is 1. The van der Waals surface area contributed by atoms with E-state index < -0.39 is 0 Å². The van der Waals surface area contributed by atoms with E-state index in [1.54, 1.807) is 0 Å². The van der Waals surface area contributed by atoms with Crippen molar-refractivity contribution in [1.29, 1.82) is 0 Å². The normalized spacial score (nSPS) is 24.9. The van der Waals surface area contributed by atoms with Crippen LogP contribution in [0.5, 0.6) is 0 Å². The summed E-state index contributed by atoms with van der Waals surface area (Å²) in [6, 6.07) is 9.23. The van der Waals surface area contributed by atoms with E-state index in [2.05, 4.69) is 14.8 Å². The topological polar surface area (TPSA) is 62.1 Å². The zero-order chi connectivity index (χ0) is 20.3. The van der Waals surface area contributed by atoms with Crippen molar-refractivity contribution in [2.24, 2.45) is 5.92 Å². The maximum atomic E-state index is 13.1. The van der Waals surface area contributed by atoms with Gasteiger partial charge in [0.1, 0.15) is 5.52 Å². The molecule has 7 nitrogen and oxygen atoms in total. The summed E-state index contributed by atoms with van der Waals surface area (Å²) in [6.45, 7) is 6.97. The molecule has 162 valence electrons. The zero-order valence-electron chi connectivity index (χ0n) is 17.7. The summed E-state index contributed by atoms with van der Waals surface area (Å²) in [7, 11) is 0. The summed E-state index contributed by atoms with van der Waals surface area (Å²) in [5, 5.41) is 0. The molecule has 2 aromatic rings. The largest absolute Gasteiger partial charge is 0.423 e. The van der Waals surface area contributed by atoms with Crippen molar-refractivity contribution < 1.29 is 13.9 Å². The lowest BCUT2D eigenvalue weighted by Crippen LogP contribution is -2.51. The van der Waals surface area contributed by atoms with Crippen LogP contribution in [0.3, 0.4) is 0 Å². The number of carbonyl (C=O) groups excluding carboxylic acids is 1. The Morgan fingerprint density at radius 2 is 1.83 bits per heavy atom. The van der Waals surface area contributed by atoms with E-state index >= 15 is 0 Å². The molecule has 1 aromatic carbocycles. The fraction of sp³-hybridized carbons (Fsp3) is 0.652. The first-order valence-corrected chi connectivity index (χ1v) is 11.5. The van der Waals surface area contributed by atoms with Gasteiger partial charge in [0, 0.05) is 45.4 Å². The molecule has 3 saturated heterocycles. The molecule has 3 aliphatic heterocycles. The van der Waals surface area contributed by atoms with Crippen LogP contribution >= 0.6 is 0 Å². The van der Waals surface area contributed by atoms with Crippen molar-refractivity contribution in [3.05, 3.63) is 24.3 Å². The SMILES string of the molecule is O=C([C@H]1CCCN(C2CCN(c3nc4ccccc4o3)CC2)C1)N1CCCOCC1. The Kier molecular flexibility index (Phi) is 5.91. The number of hydrogen-bond acceptors (Lipinski definition) is 6. The van der Waals surface area contributed by atoms with Gasteiger partial charge in [-0.05, 0) is 50.8 Å². The monoisotopic (exact) mass is 412 g/mol. The van der Waals surface area contributed by atoms with Crippen LogP contribution in [0.4, 0.5) is 6.01 Å². The summed E-state index contributed by atoms with van der Waals surface area (Å²) in [5.41, 5.74) is 1.77. The van der Waals surface area contributed by atoms with Gasteiger partial charge >= 0.3 is 0 Å². The van der Waals surface area contributed by atoms with Gasteiger partial charge in [-0.1, -0.05) is 12.1 Å². The number of para-hydroxylation sites is 2. The van der Waals surface area contributed by atoms with Crippen LogP contribution in [-0.4, -0.2) is 79.2 Å². The highest BCUT2D eigenvalue weighted by Gasteiger charge is 2.34. The number of nitrogens with zero attached hydrogens (tertiary/aromatic N) is 4. The van der Waals surface area contributed by atoms with Gasteiger partial charge in [-0.3, -0.25) is 9.69 Å². The number of anilines is 1. The molecule has 3 fully saturated rings. The molecule has 3 aliphatic rings. The second-order valence-corrected chi connectivity index (χ2v) is 8.81. The molecule has 0 spiro atoms. The summed E-state index contributed by atoms with van der Waals surface area (Å²) in [5.74, 6) is 0.487. The van der Waals surface area contributed by atoms with Crippen LogP contribution in [0, 0.1) is 5.92 Å². The fourth-order valence-corrected chi connectivity index (χ4v) is 5.18. The van der Waals surface area contributed by atoms with E-state index in [0.717, 1.165) is 95.1 Å². The first kappa shape index (κ1) is 19.8. The third-order valence-corrected chi connectivity index (χ3v) is 6.87. The van der Waals surface area contributed by atoms with Crippen LogP contribution in [0.1, 0.15) is 32.1 Å². The minimum Gasteiger partial charge on any atom is -0.423 e. The van der Waals surface area contributed by atoms with E-state index in [-0.39, 0.29) is 5.92 Å². The minimum absolute atomic E-state index is 0.145. The highest BCUT2D eigenvalue weighted by molar-refractivity contribution is 5.79. The predicted molar refractivity (Wildman–Crippen MR) is 116 cm³/mol. The van der Waals surface area contributed by atoms with Crippen molar-refractivity contribution in [2.75, 3.05) is 57.4 Å². The smallest absolute Gasteiger partial charge is 0.298 e. The quantitative estimate of drug-likeness (QED) is 0.773. The molecule has 0 N–H and O–H groups in total. The van der Waals surface area contributed by atoms with Crippen molar-refractivity contribution >= 4 is 23.0 Å². The first-order chi connectivity index (χ1) is 14.8. The maximum Gasteiger partial charge on any atom is 0.298 e. The zero-order valence-corrected chi connectivity index (χ0v) is 17.7. The lowest BCUT2D eigenvalue weighted by atomic mass is 9.93. The van der Waals surface area contributed by atoms with Gasteiger partial charge < -0.3 is 19.0 Å². The third-order valence-electron chi connectivity index (χ3n) is 6.87. The Hall–Kier alpha value is -2.12. The van der Waals surface area contributed by atoms with E-state index in [1.807, 2.05) is 29.2 Å². The summed E-state index contributed by atoms with van der Waals surface area (Å²) >= 11 is 0. The minimum atomic E-state index is 0.145. The lowest BCUT2D eigenvalue weighted by Gasteiger charge is -2.42. The Bertz CT molecular complexity index is 820. The highest BCUT2D eigenvalue weighted by Crippen LogP contribution is 2.28. The molecule has 0 radical (unpaired) electrons. The molecular formula is C23H32N4O3. The number of carbonyl (C=O) groups is 1. The Morgan fingerprint density at radius 3 is 2.70 bits per heavy atom. The summed E-state index contributed by atoms with van der Waals surface area (Å²) < 4.78 is 11.5. The number of fused-ring (bicyclic) bond motifs is 1. The molecule has 0 bridgehead atoms. The second kappa shape index (κ2) is 8.94. The molecule has 0 saturated carbocycles. The van der Waals surface area contributed by atoms with Crippen LogP contribution in [0.25, 0.3) is 11.1 Å². The van der Waals surface area contributed by atoms with Crippen molar-refractivity contribution in [3.63, 3.8) is 0 Å². The number of benzene rings is 1. The second-order valence-electron chi connectivity index (χ2n) is 8.81. The summed E-state index contributed by atoms with van der Waals surface area (Å²) in [6.07, 6.45) is 5.28. The molecule has 0 aliphatic carbocycles. The summed E-state index contributed by atoms with van der Waals surface area (Å²) in [4.78, 5) is 24.6. The van der Waals surface area contributed by atoms with E-state index in [1.165, 1.54) is 0 Å². The number of oxazole rings is 1. The molecule has 7 heteroatoms. The highest BCUT2D eigenvalue weighted by atomic mass is 16.5. The van der Waals surface area contributed by atoms with Gasteiger partial charge in [0.25, 0.3) is 6.01 Å². The van der Waals surface area contributed by atoms with Crippen molar-refractivity contribution in [3.8, 4) is 0 Å². The first-order valence-electron chi connectivity index (χ1n) is 11.5. The average Bonchev–Trinajstić information content (AvgIpc) is 3.05. The molecule has 5 rings (SSSR count). The molecule has 4 heterocycles. The predicted octanol–water partition coefficient (Wildman–Crippen LogP) is 2.76. The van der Waals surface area contributed by atoms with Gasteiger partial charge in [0.15, 0.2) is 5.58 Å². The van der Waals surface area contributed by atoms with Gasteiger partial charge in [-0.2, -0.15) is 4.98 Å². The number of amides is 1. The molecular weight excluding hydrogens is 380 g/mol. The van der Waals surface area contributed by atoms with E-state index in [4.69, 9.17) is 9.15 Å². The Morgan fingerprint density at radius 1 is 0.967 bits per heavy atom. The van der Waals surface area contributed by atoms with Gasteiger partial charge in [-0.25, -0.2) is 0 Å². The maximum absolute atomic E-state index is 13.1. The number of aromatic nitrogens is 1. The standard InChI is InChI=1S/C23H32N4O3/c28-22(25-11-4-15-29-16-14-25)18-5-3-10-27(17-18)19-8-12-26(13-9-19)23-24-20-6-1-2-7-21(20)30-23/h1-2,6-7,18-19H,3-5,8-17H2/t18-/m0/s1. The molecule has 1 atom stereocenters. The average molecular weight is 413 g/mol. The van der Waals surface area contributed by atoms with Crippen molar-refractivity contribution in [2.45, 2.75) is 38.1 Å². The molecule has 1 aromatic heterocycles. The van der Waals surface area contributed by atoms with Crippen LogP contribution in [0.15, 0.2) is 28.7 Å². The fourth-order valence-electron chi connectivity index (χ4n) is 5.18. The van der Waals surface area contributed by atoms with E-state index in [9.17, 15) is 4.79 Å². The Balaban J connectivity index is 1.17. The van der Waals surface area contributed by atoms with Crippen LogP contribution < -0.4 is 4.90 Å². The van der Waals surface area contributed by atoms with Gasteiger partial charge in [-0.15, -0.1) is 0 Å². The molecule has 1 amide bonds. The lowest BCUT2D eigenvalue weighted by molar-refractivity contribution is -0.137. The number of ether oxygens (including phenoxy) is 1. The van der Waals surface area contributed by atoms with E-state index in [0.29, 0.717) is 18.6 Å². The molecule has 0 unspecified atom stereocenters. The van der Waals surface area contributed by atoms with Gasteiger partial charge in [0.2, 0.25) is 5.91 Å². The Labute approximate surface area is 178 Å². The van der Waals surface area contributed by atoms with Crippen LogP contribution in [-0.2, 0) is 9.53 Å². The molecule has 30 heavy (non-hydrogen) atoms. The number of hydrogen-bond donors (Lipinski definition) is 0. The van der Waals surface area contributed by atoms with Crippen molar-refractivity contribution in [1.82, 2.24) is 14.8 Å². The third kappa shape index (κ3) is 4.18. The van der Waals surface area contributed by atoms with Crippen LogP contribution in [0.2, 0.25) is 0 Å². The number of piperidine rings is 2. The van der Waals surface area contributed by atoms with Gasteiger partial charge in [0.05, 0.1) is 12.5 Å².